The summed E-state index contributed by atoms with van der Waals surface area (Å²) in [6, 6.07) is 0. The van der Waals surface area contributed by atoms with Gasteiger partial charge in [0.05, 0.1) is 27.2 Å². The summed E-state index contributed by atoms with van der Waals surface area (Å²) in [7, 11) is -5.53. The van der Waals surface area contributed by atoms with Crippen molar-refractivity contribution in [2.24, 2.45) is 5.92 Å². The predicted molar refractivity (Wildman–Crippen MR) is 67.1 cm³/mol. The maximum atomic E-state index is 11.2. The molecule has 0 bridgehead atoms. The van der Waals surface area contributed by atoms with Crippen molar-refractivity contribution in [1.29, 1.82) is 0 Å². The molecule has 1 aliphatic heterocycles. The second kappa shape index (κ2) is 5.33. The molecule has 0 spiro atoms. The molecule has 7 nitrogen and oxygen atoms in total. The molecule has 4 N–H and O–H groups in total. The Labute approximate surface area is 107 Å². The molecule has 1 unspecified atom stereocenters. The molecule has 1 aliphatic rings. The normalized spacial score (nSPS) is 25.4. The van der Waals surface area contributed by atoms with Gasteiger partial charge in [0.15, 0.2) is 5.40 Å². The van der Waals surface area contributed by atoms with Crippen molar-refractivity contribution in [2.75, 3.05) is 27.2 Å². The number of rotatable bonds is 4. The first kappa shape index (κ1) is 16.3. The van der Waals surface area contributed by atoms with Gasteiger partial charge in [-0.15, -0.1) is 0 Å². The Morgan fingerprint density at radius 1 is 1.17 bits per heavy atom. The summed E-state index contributed by atoms with van der Waals surface area (Å²) in [6.07, 6.45) is 1.56. The van der Waals surface area contributed by atoms with Gasteiger partial charge in [-0.25, -0.2) is 0 Å². The van der Waals surface area contributed by atoms with E-state index < -0.39 is 20.6 Å². The summed E-state index contributed by atoms with van der Waals surface area (Å²) in [5.41, 5.74) is 0. The second-order valence-corrected chi connectivity index (χ2v) is 9.76. The van der Waals surface area contributed by atoms with Gasteiger partial charge in [-0.3, -0.25) is 9.13 Å². The highest BCUT2D eigenvalue weighted by atomic mass is 31.2. The molecular weight excluding hydrogens is 280 g/mol. The first-order valence-electron chi connectivity index (χ1n) is 5.84. The Morgan fingerprint density at radius 3 is 2.06 bits per heavy atom. The molecule has 1 atom stereocenters. The molecule has 0 aromatic rings. The zero-order chi connectivity index (χ0) is 14.2. The van der Waals surface area contributed by atoms with Gasteiger partial charge in [-0.05, 0) is 19.3 Å². The fourth-order valence-electron chi connectivity index (χ4n) is 2.65. The van der Waals surface area contributed by atoms with Crippen LogP contribution < -0.4 is 0 Å². The van der Waals surface area contributed by atoms with Gasteiger partial charge in [0.25, 0.3) is 0 Å². The van der Waals surface area contributed by atoms with E-state index in [1.807, 2.05) is 14.1 Å². The molecule has 18 heavy (non-hydrogen) atoms. The smallest absolute Gasteiger partial charge is 0.328 e. The lowest BCUT2D eigenvalue weighted by Crippen LogP contribution is -2.48. The highest BCUT2D eigenvalue weighted by molar-refractivity contribution is 7.70. The molecule has 0 aliphatic carbocycles. The van der Waals surface area contributed by atoms with Gasteiger partial charge >= 0.3 is 15.2 Å². The lowest BCUT2D eigenvalue weighted by molar-refractivity contribution is -0.898. The maximum absolute atomic E-state index is 11.2. The van der Waals surface area contributed by atoms with Crippen molar-refractivity contribution >= 4 is 15.2 Å². The topological polar surface area (TPSA) is 115 Å². The Hall–Kier alpha value is 0.260. The van der Waals surface area contributed by atoms with Crippen LogP contribution in [0.3, 0.4) is 0 Å². The van der Waals surface area contributed by atoms with Crippen LogP contribution in [0.1, 0.15) is 19.3 Å². The maximum Gasteiger partial charge on any atom is 0.340 e. The van der Waals surface area contributed by atoms with Crippen molar-refractivity contribution in [3.05, 3.63) is 0 Å². The van der Waals surface area contributed by atoms with E-state index in [2.05, 4.69) is 0 Å². The second-order valence-electron chi connectivity index (χ2n) is 5.74. The van der Waals surface area contributed by atoms with Crippen LogP contribution in [0.25, 0.3) is 0 Å². The van der Waals surface area contributed by atoms with Crippen LogP contribution in [-0.2, 0) is 9.13 Å². The van der Waals surface area contributed by atoms with E-state index in [0.29, 0.717) is 6.54 Å². The van der Waals surface area contributed by atoms with Crippen molar-refractivity contribution in [2.45, 2.75) is 24.7 Å². The van der Waals surface area contributed by atoms with Crippen LogP contribution in [0.15, 0.2) is 0 Å². The Kier molecular flexibility index (Phi) is 4.83. The van der Waals surface area contributed by atoms with Gasteiger partial charge < -0.3 is 24.1 Å². The van der Waals surface area contributed by atoms with E-state index in [9.17, 15) is 9.13 Å². The van der Waals surface area contributed by atoms with Crippen LogP contribution in [0.4, 0.5) is 0 Å². The molecule has 9 heteroatoms. The van der Waals surface area contributed by atoms with Crippen LogP contribution in [0.2, 0.25) is 0 Å². The van der Waals surface area contributed by atoms with Gasteiger partial charge in [-0.2, -0.15) is 0 Å². The molecule has 108 valence electrons. The van der Waals surface area contributed by atoms with Crippen LogP contribution in [-0.4, -0.2) is 56.6 Å². The minimum absolute atomic E-state index is 0.0565. The monoisotopic (exact) mass is 302 g/mol. The highest BCUT2D eigenvalue weighted by Gasteiger charge is 2.45. The third-order valence-corrected chi connectivity index (χ3v) is 7.23. The standard InChI is InChI=1S/C9H21NO6P2/c1-10(2)5-3-4-8(7-10)6-9(17(11,12)13)18(14,15)16/h8-9H,3-7H2,1-2H3,(H3-,11,12,13,14,15,16)/p+1. The van der Waals surface area contributed by atoms with Crippen LogP contribution in [0.5, 0.6) is 0 Å². The molecule has 1 heterocycles. The Bertz CT molecular complexity index is 365. The van der Waals surface area contributed by atoms with Crippen molar-refractivity contribution in [3.8, 4) is 0 Å². The third-order valence-electron chi connectivity index (χ3n) is 3.45. The van der Waals surface area contributed by atoms with E-state index in [0.717, 1.165) is 23.9 Å². The number of piperidine rings is 1. The summed E-state index contributed by atoms with van der Waals surface area (Å²) in [4.78, 5) is 36.4. The first-order chi connectivity index (χ1) is 7.92. The molecule has 0 amide bonds. The quantitative estimate of drug-likeness (QED) is 0.445. The fraction of sp³-hybridized carbons (Fsp3) is 1.00. The summed E-state index contributed by atoms with van der Waals surface area (Å²) < 4.78 is 23.1. The minimum Gasteiger partial charge on any atom is -0.328 e. The Balaban J connectivity index is 2.80. The molecule has 0 aromatic heterocycles. The van der Waals surface area contributed by atoms with Crippen molar-refractivity contribution in [3.63, 3.8) is 0 Å². The molecule has 1 saturated heterocycles. The van der Waals surface area contributed by atoms with Gasteiger partial charge in [0.1, 0.15) is 0 Å². The zero-order valence-electron chi connectivity index (χ0n) is 10.6. The van der Waals surface area contributed by atoms with E-state index in [-0.39, 0.29) is 12.3 Å². The Morgan fingerprint density at radius 2 is 1.67 bits per heavy atom. The number of nitrogens with zero attached hydrogens (tertiary/aromatic N) is 1. The largest absolute Gasteiger partial charge is 0.340 e. The predicted octanol–water partition coefficient (Wildman–Crippen LogP) is 0.544. The summed E-state index contributed by atoms with van der Waals surface area (Å²) in [5.74, 6) is -0.0565. The summed E-state index contributed by atoms with van der Waals surface area (Å²) >= 11 is 0. The SMILES string of the molecule is C[N+]1(C)CCCC(CC(P(=O)(O)O)P(=O)(O)O)C1. The van der Waals surface area contributed by atoms with E-state index in [4.69, 9.17) is 19.6 Å². The highest BCUT2D eigenvalue weighted by Crippen LogP contribution is 2.62. The molecule has 0 aromatic carbocycles. The average molecular weight is 302 g/mol. The van der Waals surface area contributed by atoms with E-state index >= 15 is 0 Å². The third kappa shape index (κ3) is 4.74. The van der Waals surface area contributed by atoms with Crippen molar-refractivity contribution in [1.82, 2.24) is 0 Å². The lowest BCUT2D eigenvalue weighted by Gasteiger charge is -2.39. The van der Waals surface area contributed by atoms with E-state index in [1.54, 1.807) is 0 Å². The summed E-state index contributed by atoms with van der Waals surface area (Å²) in [5, 5.41) is -1.85. The molecule has 0 radical (unpaired) electrons. The van der Waals surface area contributed by atoms with Crippen LogP contribution in [0, 0.1) is 5.92 Å². The number of quaternary nitrogens is 1. The molecular formula is C9H22NO6P2+. The van der Waals surface area contributed by atoms with Gasteiger partial charge in [0, 0.05) is 5.92 Å². The first-order valence-corrected chi connectivity index (χ1v) is 9.20. The average Bonchev–Trinajstić information content (AvgIpc) is 2.09. The van der Waals surface area contributed by atoms with Crippen molar-refractivity contribution < 1.29 is 33.2 Å². The lowest BCUT2D eigenvalue weighted by atomic mass is 9.94. The summed E-state index contributed by atoms with van der Waals surface area (Å²) in [6.45, 7) is 1.67. The van der Waals surface area contributed by atoms with Gasteiger partial charge in [0.2, 0.25) is 0 Å². The zero-order valence-corrected chi connectivity index (χ0v) is 12.4. The molecule has 1 fully saturated rings. The number of hydrogen-bond donors (Lipinski definition) is 4. The number of hydrogen-bond acceptors (Lipinski definition) is 2. The molecule has 1 rings (SSSR count). The number of likely N-dealkylation sites (tertiary alicyclic amines) is 1. The minimum atomic E-state index is -4.78. The fourth-order valence-corrected chi connectivity index (χ4v) is 5.36. The van der Waals surface area contributed by atoms with E-state index in [1.165, 1.54) is 0 Å². The van der Waals surface area contributed by atoms with Crippen LogP contribution >= 0.6 is 15.2 Å². The van der Waals surface area contributed by atoms with Gasteiger partial charge in [-0.1, -0.05) is 0 Å². The molecule has 0 saturated carbocycles.